The summed E-state index contributed by atoms with van der Waals surface area (Å²) in [7, 11) is 3.37. The standard InChI is InChI=1S/C34H34ClF2N7O3/c1-42-18-22(36)16-24(42)20-47-34-40-32-26(17-39-31(30(32)37)25-8-3-6-21-7-4-9-27(35)29(21)25)33(41-34)43-13-14-44(23(19-43)11-12-38)28(45)10-5-15-46-2/h3-10,17,22-24H,11,13-16,18-20H2,1-2H3/b10-5+/t22-,23+,24+/m1/s1. The van der Waals surface area contributed by atoms with Crippen LogP contribution >= 0.6 is 11.6 Å². The molecule has 10 nitrogen and oxygen atoms in total. The number of hydrogen-bond donors (Lipinski definition) is 0. The molecule has 0 saturated carbocycles. The molecule has 2 aromatic heterocycles. The van der Waals surface area contributed by atoms with Gasteiger partial charge >= 0.3 is 6.01 Å². The van der Waals surface area contributed by atoms with Crippen molar-refractivity contribution in [2.75, 3.05) is 58.5 Å². The summed E-state index contributed by atoms with van der Waals surface area (Å²) in [6, 6.07) is 12.4. The highest BCUT2D eigenvalue weighted by molar-refractivity contribution is 6.36. The molecule has 0 bridgehead atoms. The molecule has 47 heavy (non-hydrogen) atoms. The zero-order valence-electron chi connectivity index (χ0n) is 26.1. The van der Waals surface area contributed by atoms with Gasteiger partial charge in [0.25, 0.3) is 0 Å². The monoisotopic (exact) mass is 661 g/mol. The summed E-state index contributed by atoms with van der Waals surface area (Å²) in [6.45, 7) is 1.64. The maximum atomic E-state index is 16.7. The molecule has 13 heteroatoms. The first kappa shape index (κ1) is 32.5. The van der Waals surface area contributed by atoms with E-state index in [0.717, 1.165) is 5.39 Å². The fourth-order valence-electron chi connectivity index (χ4n) is 6.34. The van der Waals surface area contributed by atoms with E-state index in [2.05, 4.69) is 16.0 Å². The number of carbonyl (C=O) groups is 1. The van der Waals surface area contributed by atoms with E-state index in [0.29, 0.717) is 59.8 Å². The Balaban J connectivity index is 1.41. The number of benzene rings is 2. The van der Waals surface area contributed by atoms with Gasteiger partial charge in [-0.3, -0.25) is 14.7 Å². The number of alkyl halides is 1. The molecule has 2 aromatic carbocycles. The van der Waals surface area contributed by atoms with E-state index in [1.165, 1.54) is 19.4 Å². The Kier molecular flexibility index (Phi) is 9.77. The topological polar surface area (TPSA) is 108 Å². The summed E-state index contributed by atoms with van der Waals surface area (Å²) >= 11 is 6.57. The average molecular weight is 662 g/mol. The van der Waals surface area contributed by atoms with Crippen molar-refractivity contribution in [1.82, 2.24) is 24.8 Å². The molecule has 0 aliphatic carbocycles. The molecule has 2 aliphatic rings. The maximum absolute atomic E-state index is 16.7. The van der Waals surface area contributed by atoms with Crippen molar-refractivity contribution in [3.63, 3.8) is 0 Å². The van der Waals surface area contributed by atoms with Crippen LogP contribution in [0.1, 0.15) is 12.8 Å². The second-order valence-corrected chi connectivity index (χ2v) is 12.2. The first-order chi connectivity index (χ1) is 22.8. The Bertz CT molecular complexity index is 1860. The largest absolute Gasteiger partial charge is 0.462 e. The van der Waals surface area contributed by atoms with E-state index in [-0.39, 0.29) is 48.7 Å². The molecule has 6 rings (SSSR count). The fraction of sp³-hybridized carbons (Fsp3) is 0.382. The third-order valence-corrected chi connectivity index (χ3v) is 9.03. The highest BCUT2D eigenvalue weighted by Gasteiger charge is 2.33. The van der Waals surface area contributed by atoms with Gasteiger partial charge in [0.1, 0.15) is 29.8 Å². The van der Waals surface area contributed by atoms with Gasteiger partial charge in [-0.05, 0) is 24.9 Å². The van der Waals surface area contributed by atoms with Crippen molar-refractivity contribution in [3.05, 3.63) is 65.6 Å². The molecular weight excluding hydrogens is 628 g/mol. The molecule has 2 aliphatic heterocycles. The van der Waals surface area contributed by atoms with Crippen molar-refractivity contribution in [2.45, 2.75) is 31.1 Å². The van der Waals surface area contributed by atoms with Crippen molar-refractivity contribution in [3.8, 4) is 23.3 Å². The minimum Gasteiger partial charge on any atom is -0.462 e. The second-order valence-electron chi connectivity index (χ2n) is 11.7. The molecule has 2 fully saturated rings. The number of halogens is 3. The smallest absolute Gasteiger partial charge is 0.319 e. The summed E-state index contributed by atoms with van der Waals surface area (Å²) in [5.74, 6) is -0.528. The number of likely N-dealkylation sites (N-methyl/N-ethyl adjacent to an activating group) is 1. The number of rotatable bonds is 9. The first-order valence-corrected chi connectivity index (χ1v) is 15.8. The number of amides is 1. The van der Waals surface area contributed by atoms with Gasteiger partial charge < -0.3 is 19.3 Å². The molecule has 244 valence electrons. The molecule has 4 aromatic rings. The lowest BCUT2D eigenvalue weighted by Crippen LogP contribution is -2.55. The maximum Gasteiger partial charge on any atom is 0.319 e. The van der Waals surface area contributed by atoms with Crippen LogP contribution in [0.3, 0.4) is 0 Å². The molecule has 4 heterocycles. The van der Waals surface area contributed by atoms with E-state index in [1.54, 1.807) is 23.1 Å². The molecule has 0 spiro atoms. The Morgan fingerprint density at radius 3 is 2.72 bits per heavy atom. The van der Waals surface area contributed by atoms with Crippen LogP contribution in [0, 0.1) is 17.1 Å². The highest BCUT2D eigenvalue weighted by atomic mass is 35.5. The van der Waals surface area contributed by atoms with E-state index in [9.17, 15) is 14.4 Å². The number of ether oxygens (including phenoxy) is 2. The van der Waals surface area contributed by atoms with Gasteiger partial charge in [0.2, 0.25) is 5.91 Å². The summed E-state index contributed by atoms with van der Waals surface area (Å²) in [5, 5.41) is 11.9. The van der Waals surface area contributed by atoms with Crippen molar-refractivity contribution in [1.29, 1.82) is 5.26 Å². The number of likely N-dealkylation sites (tertiary alicyclic amines) is 1. The minimum atomic E-state index is -0.958. The Morgan fingerprint density at radius 2 is 1.98 bits per heavy atom. The number of anilines is 1. The fourth-order valence-corrected chi connectivity index (χ4v) is 6.63. The molecule has 2 saturated heterocycles. The lowest BCUT2D eigenvalue weighted by molar-refractivity contribution is -0.128. The molecule has 0 radical (unpaired) electrons. The number of hydrogen-bond acceptors (Lipinski definition) is 9. The van der Waals surface area contributed by atoms with E-state index < -0.39 is 18.0 Å². The van der Waals surface area contributed by atoms with E-state index in [1.807, 2.05) is 41.1 Å². The predicted molar refractivity (Wildman–Crippen MR) is 176 cm³/mol. The van der Waals surface area contributed by atoms with Crippen LogP contribution in [0.25, 0.3) is 32.9 Å². The SMILES string of the molecule is COC/C=C/C(=O)N1CCN(c2nc(OC[C@@H]3C[C@@H](F)CN3C)nc3c(F)c(-c4cccc5cccc(Cl)c45)ncc23)C[C@@H]1CC#N. The molecular formula is C34H34ClF2N7O3. The van der Waals surface area contributed by atoms with Gasteiger partial charge in [-0.25, -0.2) is 8.78 Å². The van der Waals surface area contributed by atoms with E-state index >= 15 is 4.39 Å². The van der Waals surface area contributed by atoms with Crippen LogP contribution in [0.5, 0.6) is 6.01 Å². The second kappa shape index (κ2) is 14.1. The predicted octanol–water partition coefficient (Wildman–Crippen LogP) is 5.19. The number of fused-ring (bicyclic) bond motifs is 2. The zero-order valence-corrected chi connectivity index (χ0v) is 26.8. The number of piperazine rings is 1. The Labute approximate surface area is 276 Å². The number of nitrogens with zero attached hydrogens (tertiary/aromatic N) is 7. The van der Waals surface area contributed by atoms with Gasteiger partial charge in [0.15, 0.2) is 5.82 Å². The highest BCUT2D eigenvalue weighted by Crippen LogP contribution is 2.37. The zero-order chi connectivity index (χ0) is 33.1. The summed E-state index contributed by atoms with van der Waals surface area (Å²) in [5.41, 5.74) is 0.586. The number of nitriles is 1. The number of carbonyl (C=O) groups excluding carboxylic acids is 1. The summed E-state index contributed by atoms with van der Waals surface area (Å²) < 4.78 is 41.8. The summed E-state index contributed by atoms with van der Waals surface area (Å²) in [4.78, 5) is 32.2. The van der Waals surface area contributed by atoms with Crippen LogP contribution in [-0.2, 0) is 9.53 Å². The van der Waals surface area contributed by atoms with Crippen LogP contribution in [0.2, 0.25) is 5.02 Å². The van der Waals surface area contributed by atoms with Crippen LogP contribution < -0.4 is 9.64 Å². The summed E-state index contributed by atoms with van der Waals surface area (Å²) in [6.07, 6.45) is 4.04. The van der Waals surface area contributed by atoms with Gasteiger partial charge in [0.05, 0.1) is 30.5 Å². The van der Waals surface area contributed by atoms with Crippen molar-refractivity contribution < 1.29 is 23.0 Å². The lowest BCUT2D eigenvalue weighted by Gasteiger charge is -2.41. The number of pyridine rings is 1. The third-order valence-electron chi connectivity index (χ3n) is 8.71. The normalized spacial score (nSPS) is 20.4. The average Bonchev–Trinajstić information content (AvgIpc) is 3.40. The Morgan fingerprint density at radius 1 is 1.17 bits per heavy atom. The van der Waals surface area contributed by atoms with Crippen molar-refractivity contribution in [2.24, 2.45) is 0 Å². The third kappa shape index (κ3) is 6.70. The Hall–Kier alpha value is -4.44. The number of methoxy groups -OCH3 is 1. The molecule has 1 amide bonds. The quantitative estimate of drug-likeness (QED) is 0.224. The van der Waals surface area contributed by atoms with Crippen LogP contribution in [-0.4, -0.2) is 102 Å². The van der Waals surface area contributed by atoms with E-state index in [4.69, 9.17) is 26.1 Å². The first-order valence-electron chi connectivity index (χ1n) is 15.4. The van der Waals surface area contributed by atoms with Crippen LogP contribution in [0.15, 0.2) is 54.7 Å². The minimum absolute atomic E-state index is 0.0000364. The number of aromatic nitrogens is 3. The van der Waals surface area contributed by atoms with Gasteiger partial charge in [-0.1, -0.05) is 48.0 Å². The molecule has 0 unspecified atom stereocenters. The molecule has 0 N–H and O–H groups in total. The van der Waals surface area contributed by atoms with Gasteiger partial charge in [-0.15, -0.1) is 0 Å². The molecule has 3 atom stereocenters. The lowest BCUT2D eigenvalue weighted by atomic mass is 10.0. The van der Waals surface area contributed by atoms with Crippen LogP contribution in [0.4, 0.5) is 14.6 Å². The van der Waals surface area contributed by atoms with Crippen molar-refractivity contribution >= 4 is 45.0 Å². The van der Waals surface area contributed by atoms with Gasteiger partial charge in [0, 0.05) is 67.6 Å². The van der Waals surface area contributed by atoms with Gasteiger partial charge in [-0.2, -0.15) is 15.2 Å².